The first-order valence-electron chi connectivity index (χ1n) is 5.16. The van der Waals surface area contributed by atoms with E-state index in [9.17, 15) is 18.0 Å². The molecule has 0 saturated heterocycles. The predicted octanol–water partition coefficient (Wildman–Crippen LogP) is 2.08. The molecule has 1 rings (SSSR count). The maximum absolute atomic E-state index is 12.0. The molecule has 0 aliphatic rings. The number of carbonyl (C=O) groups excluding carboxylic acids is 1. The van der Waals surface area contributed by atoms with Crippen LogP contribution in [0.25, 0.3) is 0 Å². The molecule has 0 radical (unpaired) electrons. The maximum Gasteiger partial charge on any atom is 0.422 e. The van der Waals surface area contributed by atoms with E-state index in [1.165, 1.54) is 10.7 Å². The zero-order valence-corrected chi connectivity index (χ0v) is 9.90. The summed E-state index contributed by atoms with van der Waals surface area (Å²) >= 11 is 0. The Morgan fingerprint density at radius 1 is 1.50 bits per heavy atom. The van der Waals surface area contributed by atoms with E-state index >= 15 is 0 Å². The van der Waals surface area contributed by atoms with E-state index in [4.69, 9.17) is 0 Å². The Balaban J connectivity index is 2.78. The molecule has 0 fully saturated rings. The molecule has 1 aromatic rings. The number of aromatic nitrogens is 2. The molecule has 0 atom stereocenters. The minimum atomic E-state index is -4.42. The highest BCUT2D eigenvalue weighted by molar-refractivity contribution is 5.37. The minimum absolute atomic E-state index is 0.0654. The Morgan fingerprint density at radius 2 is 2.17 bits per heavy atom. The first kappa shape index (κ1) is 14.3. The summed E-state index contributed by atoms with van der Waals surface area (Å²) in [6, 6.07) is 1.23. The summed E-state index contributed by atoms with van der Waals surface area (Å²) in [7, 11) is 0. The number of ether oxygens (including phenoxy) is 2. The molecule has 0 N–H and O–H groups in total. The molecule has 0 saturated carbocycles. The van der Waals surface area contributed by atoms with Crippen LogP contribution in [0.2, 0.25) is 0 Å². The third-order valence-corrected chi connectivity index (χ3v) is 1.96. The van der Waals surface area contributed by atoms with Gasteiger partial charge < -0.3 is 9.47 Å². The lowest BCUT2D eigenvalue weighted by Crippen LogP contribution is -2.19. The molecule has 0 bridgehead atoms. The van der Waals surface area contributed by atoms with Crippen LogP contribution in [-0.2, 0) is 16.1 Å². The molecule has 18 heavy (non-hydrogen) atoms. The second kappa shape index (κ2) is 5.74. The van der Waals surface area contributed by atoms with Crippen molar-refractivity contribution >= 4 is 6.47 Å². The molecule has 1 aromatic heterocycles. The van der Waals surface area contributed by atoms with Gasteiger partial charge in [-0.3, -0.25) is 9.48 Å². The van der Waals surface area contributed by atoms with Crippen molar-refractivity contribution in [3.8, 4) is 5.88 Å². The average molecular weight is 266 g/mol. The Bertz CT molecular complexity index is 402. The summed E-state index contributed by atoms with van der Waals surface area (Å²) < 4.78 is 46.4. The Labute approximate surface area is 101 Å². The summed E-state index contributed by atoms with van der Waals surface area (Å²) in [6.07, 6.45) is -4.42. The molecule has 0 spiro atoms. The van der Waals surface area contributed by atoms with Crippen LogP contribution in [0.3, 0.4) is 0 Å². The molecule has 0 aromatic carbocycles. The zero-order chi connectivity index (χ0) is 13.8. The van der Waals surface area contributed by atoms with E-state index in [0.717, 1.165) is 0 Å². The van der Waals surface area contributed by atoms with Gasteiger partial charge in [-0.15, -0.1) is 5.10 Å². The Kier molecular flexibility index (Phi) is 4.57. The summed E-state index contributed by atoms with van der Waals surface area (Å²) in [6.45, 7) is 2.38. The van der Waals surface area contributed by atoms with E-state index in [2.05, 4.69) is 14.6 Å². The molecule has 102 valence electrons. The van der Waals surface area contributed by atoms with E-state index in [1.54, 1.807) is 13.8 Å². The number of carbonyl (C=O) groups is 1. The smallest absolute Gasteiger partial charge is 0.422 e. The summed E-state index contributed by atoms with van der Waals surface area (Å²) in [5.41, 5.74) is 0.467. The van der Waals surface area contributed by atoms with E-state index < -0.39 is 12.8 Å². The fourth-order valence-corrected chi connectivity index (χ4v) is 1.31. The van der Waals surface area contributed by atoms with Gasteiger partial charge >= 0.3 is 6.18 Å². The van der Waals surface area contributed by atoms with Gasteiger partial charge in [-0.05, 0) is 13.8 Å². The van der Waals surface area contributed by atoms with Gasteiger partial charge in [-0.25, -0.2) is 0 Å². The highest BCUT2D eigenvalue weighted by atomic mass is 19.4. The lowest BCUT2D eigenvalue weighted by molar-refractivity contribution is -0.154. The lowest BCUT2D eigenvalue weighted by Gasteiger charge is -2.09. The van der Waals surface area contributed by atoms with Crippen molar-refractivity contribution in [1.29, 1.82) is 0 Å². The van der Waals surface area contributed by atoms with Crippen molar-refractivity contribution in [1.82, 2.24) is 9.78 Å². The summed E-state index contributed by atoms with van der Waals surface area (Å²) in [5, 5.41) is 3.86. The molecule has 1 heterocycles. The zero-order valence-electron chi connectivity index (χ0n) is 9.90. The van der Waals surface area contributed by atoms with Crippen molar-refractivity contribution in [2.75, 3.05) is 6.61 Å². The topological polar surface area (TPSA) is 53.4 Å². The van der Waals surface area contributed by atoms with Crippen molar-refractivity contribution in [3.63, 3.8) is 0 Å². The van der Waals surface area contributed by atoms with Gasteiger partial charge in [0.1, 0.15) is 6.61 Å². The molecule has 5 nitrogen and oxygen atoms in total. The van der Waals surface area contributed by atoms with Gasteiger partial charge in [0.2, 0.25) is 5.88 Å². The van der Waals surface area contributed by atoms with Crippen molar-refractivity contribution in [2.24, 2.45) is 0 Å². The van der Waals surface area contributed by atoms with E-state index in [0.29, 0.717) is 5.69 Å². The third-order valence-electron chi connectivity index (χ3n) is 1.96. The number of nitrogens with zero attached hydrogens (tertiary/aromatic N) is 2. The van der Waals surface area contributed by atoms with E-state index in [1.807, 2.05) is 0 Å². The second-order valence-electron chi connectivity index (χ2n) is 3.82. The number of hydrogen-bond acceptors (Lipinski definition) is 4. The highest BCUT2D eigenvalue weighted by Gasteiger charge is 2.29. The van der Waals surface area contributed by atoms with Crippen LogP contribution in [0.15, 0.2) is 6.07 Å². The number of halogens is 3. The van der Waals surface area contributed by atoms with Crippen LogP contribution in [0.5, 0.6) is 5.88 Å². The summed E-state index contributed by atoms with van der Waals surface area (Å²) in [4.78, 5) is 10.1. The Morgan fingerprint density at radius 3 is 2.67 bits per heavy atom. The van der Waals surface area contributed by atoms with Crippen LogP contribution >= 0.6 is 0 Å². The molecule has 0 aliphatic heterocycles. The first-order chi connectivity index (χ1) is 8.33. The van der Waals surface area contributed by atoms with Gasteiger partial charge in [-0.2, -0.15) is 13.2 Å². The lowest BCUT2D eigenvalue weighted by atomic mass is 10.3. The van der Waals surface area contributed by atoms with Crippen LogP contribution in [-0.4, -0.2) is 29.0 Å². The normalized spacial score (nSPS) is 11.7. The quantitative estimate of drug-likeness (QED) is 0.740. The van der Waals surface area contributed by atoms with Crippen molar-refractivity contribution in [3.05, 3.63) is 11.8 Å². The van der Waals surface area contributed by atoms with Crippen molar-refractivity contribution in [2.45, 2.75) is 32.7 Å². The SMILES string of the molecule is CC(C)n1nc(OCC(F)(F)F)cc1COC=O. The van der Waals surface area contributed by atoms with Crippen LogP contribution in [0.1, 0.15) is 25.6 Å². The monoisotopic (exact) mass is 266 g/mol. The van der Waals surface area contributed by atoms with Crippen molar-refractivity contribution < 1.29 is 27.4 Å². The van der Waals surface area contributed by atoms with Crippen LogP contribution in [0.4, 0.5) is 13.2 Å². The highest BCUT2D eigenvalue weighted by Crippen LogP contribution is 2.20. The van der Waals surface area contributed by atoms with Crippen LogP contribution < -0.4 is 4.74 Å². The molecule has 0 unspecified atom stereocenters. The molecule has 0 aliphatic carbocycles. The van der Waals surface area contributed by atoms with Gasteiger partial charge in [-0.1, -0.05) is 0 Å². The largest absolute Gasteiger partial charge is 0.467 e. The fraction of sp³-hybridized carbons (Fsp3) is 0.600. The summed E-state index contributed by atoms with van der Waals surface area (Å²) in [5.74, 6) is -0.148. The number of rotatable bonds is 6. The van der Waals surface area contributed by atoms with Gasteiger partial charge in [0.05, 0.1) is 5.69 Å². The Hall–Kier alpha value is -1.73. The maximum atomic E-state index is 12.0. The average Bonchev–Trinajstić information content (AvgIpc) is 2.66. The standard InChI is InChI=1S/C10H13F3N2O3/c1-7(2)15-8(4-17-6-16)3-9(14-15)18-5-10(11,12)13/h3,6-7H,4-5H2,1-2H3. The number of alkyl halides is 3. The second-order valence-corrected chi connectivity index (χ2v) is 3.82. The van der Waals surface area contributed by atoms with Gasteiger partial charge in [0.15, 0.2) is 6.61 Å². The molecular formula is C10H13F3N2O3. The molecular weight excluding hydrogens is 253 g/mol. The van der Waals surface area contributed by atoms with Gasteiger partial charge in [0.25, 0.3) is 6.47 Å². The number of hydrogen-bond donors (Lipinski definition) is 0. The molecule has 0 amide bonds. The molecule has 8 heteroatoms. The minimum Gasteiger partial charge on any atom is -0.467 e. The van der Waals surface area contributed by atoms with Gasteiger partial charge in [0, 0.05) is 12.1 Å². The predicted molar refractivity (Wildman–Crippen MR) is 55.0 cm³/mol. The third kappa shape index (κ3) is 4.27. The van der Waals surface area contributed by atoms with E-state index in [-0.39, 0.29) is 25.0 Å². The fourth-order valence-electron chi connectivity index (χ4n) is 1.31. The van der Waals surface area contributed by atoms with Crippen LogP contribution in [0, 0.1) is 0 Å². The first-order valence-corrected chi connectivity index (χ1v) is 5.16.